The fraction of sp³-hybridized carbons (Fsp3) is 0.368. The van der Waals surface area contributed by atoms with Crippen LogP contribution in [0.3, 0.4) is 0 Å². The molecule has 0 radical (unpaired) electrons. The average molecular weight is 1200 g/mol. The van der Waals surface area contributed by atoms with Gasteiger partial charge in [0.25, 0.3) is 0 Å². The van der Waals surface area contributed by atoms with Crippen LogP contribution in [0, 0.1) is 55.4 Å². The molecular formula is C57H72Cl6N6Ti3-6. The van der Waals surface area contributed by atoms with E-state index in [2.05, 4.69) is 201 Å². The van der Waals surface area contributed by atoms with E-state index in [1.54, 1.807) is 0 Å². The van der Waals surface area contributed by atoms with Gasteiger partial charge in [0.15, 0.2) is 0 Å². The van der Waals surface area contributed by atoms with Gasteiger partial charge in [0.2, 0.25) is 0 Å². The third-order valence-corrected chi connectivity index (χ3v) is 11.0. The molecule has 0 fully saturated rings. The summed E-state index contributed by atoms with van der Waals surface area (Å²) >= 11 is -1.67. The normalized spacial score (nSPS) is 9.72. The Kier molecular flexibility index (Phi) is 40.8. The van der Waals surface area contributed by atoms with Crippen LogP contribution in [-0.4, -0.2) is 39.3 Å². The second kappa shape index (κ2) is 43.1. The number of rotatable bonds is 20. The van der Waals surface area contributed by atoms with E-state index in [-0.39, 0.29) is 0 Å². The summed E-state index contributed by atoms with van der Waals surface area (Å²) < 4.78 is 0. The molecule has 0 aliphatic carbocycles. The monoisotopic (exact) mass is 1190 g/mol. The molecule has 0 unspecified atom stereocenters. The SMILES string of the molecule is CCc1cccc(C)c1[N-]CCC[N-]c1c(C)cccc1CC.Cc1ccc([N-]CCC[N-]c2ccc(C)cc2)cc1.Cc1cccc(C)c1[N-]CCC[N-]c1c(C)cccc1C.[Cl][Ti][Cl].[Cl][Ti][Cl].[Cl][Ti][Cl]. The zero-order chi connectivity index (χ0) is 53.5. The van der Waals surface area contributed by atoms with Crippen molar-refractivity contribution in [1.82, 2.24) is 0 Å². The van der Waals surface area contributed by atoms with Crippen LogP contribution in [0.15, 0.2) is 121 Å². The molecule has 0 spiro atoms. The summed E-state index contributed by atoms with van der Waals surface area (Å²) in [7, 11) is 29.3. The minimum absolute atomic E-state index is 0.556. The Labute approximate surface area is 485 Å². The fourth-order valence-electron chi connectivity index (χ4n) is 7.26. The van der Waals surface area contributed by atoms with Crippen LogP contribution in [0.4, 0.5) is 34.1 Å². The Bertz CT molecular complexity index is 2120. The van der Waals surface area contributed by atoms with Gasteiger partial charge in [-0.3, -0.25) is 0 Å². The Morgan fingerprint density at radius 2 is 0.528 bits per heavy atom. The molecule has 0 aliphatic rings. The van der Waals surface area contributed by atoms with Gasteiger partial charge < -0.3 is 31.9 Å². The molecule has 0 aliphatic heterocycles. The molecule has 6 aromatic rings. The van der Waals surface area contributed by atoms with Crippen molar-refractivity contribution in [2.75, 3.05) is 39.3 Å². The average Bonchev–Trinajstić information content (AvgIpc) is 3.36. The van der Waals surface area contributed by atoms with E-state index in [0.717, 1.165) is 94.1 Å². The van der Waals surface area contributed by atoms with Crippen molar-refractivity contribution < 1.29 is 51.1 Å². The molecule has 6 rings (SSSR count). The van der Waals surface area contributed by atoms with Gasteiger partial charge in [-0.25, -0.2) is 0 Å². The van der Waals surface area contributed by atoms with Gasteiger partial charge in [0.05, 0.1) is 0 Å². The summed E-state index contributed by atoms with van der Waals surface area (Å²) in [5, 5.41) is 28.1. The predicted octanol–water partition coefficient (Wildman–Crippen LogP) is 22.1. The van der Waals surface area contributed by atoms with Crippen molar-refractivity contribution >= 4 is 90.0 Å². The molecule has 72 heavy (non-hydrogen) atoms. The van der Waals surface area contributed by atoms with Gasteiger partial charge >= 0.3 is 107 Å². The molecule has 0 N–H and O–H groups in total. The van der Waals surface area contributed by atoms with Crippen molar-refractivity contribution in [3.05, 3.63) is 209 Å². The van der Waals surface area contributed by atoms with E-state index in [1.807, 2.05) is 0 Å². The van der Waals surface area contributed by atoms with E-state index in [1.165, 1.54) is 67.0 Å². The summed E-state index contributed by atoms with van der Waals surface area (Å²) in [5.41, 5.74) is 19.5. The van der Waals surface area contributed by atoms with Gasteiger partial charge in [-0.2, -0.15) is 0 Å². The quantitative estimate of drug-likeness (QED) is 0.0539. The molecule has 0 saturated carbocycles. The van der Waals surface area contributed by atoms with Gasteiger partial charge in [0, 0.05) is 0 Å². The van der Waals surface area contributed by atoms with E-state index < -0.39 is 51.1 Å². The molecule has 0 heterocycles. The van der Waals surface area contributed by atoms with Crippen LogP contribution < -0.4 is 0 Å². The van der Waals surface area contributed by atoms with Crippen LogP contribution in [-0.2, 0) is 63.9 Å². The third kappa shape index (κ3) is 29.3. The summed E-state index contributed by atoms with van der Waals surface area (Å²) in [6, 6.07) is 42.1. The molecule has 6 aromatic carbocycles. The second-order valence-electron chi connectivity index (χ2n) is 16.6. The third-order valence-electron chi connectivity index (χ3n) is 11.0. The van der Waals surface area contributed by atoms with E-state index >= 15 is 0 Å². The molecule has 15 heteroatoms. The van der Waals surface area contributed by atoms with Gasteiger partial charge in [0.1, 0.15) is 0 Å². The van der Waals surface area contributed by atoms with E-state index in [0.29, 0.717) is 0 Å². The maximum atomic E-state index is 4.89. The predicted molar refractivity (Wildman–Crippen MR) is 312 cm³/mol. The summed E-state index contributed by atoms with van der Waals surface area (Å²) in [5.74, 6) is 0. The van der Waals surface area contributed by atoms with Crippen molar-refractivity contribution in [1.29, 1.82) is 0 Å². The van der Waals surface area contributed by atoms with Crippen molar-refractivity contribution in [2.45, 2.75) is 101 Å². The number of nitrogens with zero attached hydrogens (tertiary/aromatic N) is 6. The second-order valence-corrected chi connectivity index (χ2v) is 24.3. The number of aryl methyl sites for hydroxylation is 10. The standard InChI is InChI=1S/C21H28N2.C19H24N2.C17H20N2.6ClH.3Ti/c1-5-18-12-7-10-16(3)20(18)22-14-9-15-23-21-17(4)11-8-13-19(21)6-2;1-14-8-5-9-15(2)18(14)20-12-7-13-21-19-16(3)10-6-11-17(19)4;1-14-4-8-16(9-5-14)18-12-3-13-19-17-10-6-15(2)7-11-17;;;;;;;;;/h7-8,10-13H,5-6,9,14-15H2,1-4H3;5-6,8-11H,7,12-13H2,1-4H3;4-11H,3,12-13H2,1-2H3;6*1H;;;/q3*-2;;;;;;;3*+2/p-6. The van der Waals surface area contributed by atoms with Crippen LogP contribution in [0.2, 0.25) is 0 Å². The Hall–Kier alpha value is -2.00. The molecule has 0 amide bonds. The maximum absolute atomic E-state index is 4.89. The van der Waals surface area contributed by atoms with Crippen LogP contribution in [0.1, 0.15) is 88.7 Å². The Morgan fingerprint density at radius 1 is 0.306 bits per heavy atom. The number of benzene rings is 6. The fourth-order valence-corrected chi connectivity index (χ4v) is 7.26. The molecule has 0 aromatic heterocycles. The number of halogens is 6. The van der Waals surface area contributed by atoms with Crippen LogP contribution in [0.25, 0.3) is 31.9 Å². The number of hydrogen-bond acceptors (Lipinski definition) is 0. The minimum atomic E-state index is -0.556. The van der Waals surface area contributed by atoms with Crippen LogP contribution >= 0.6 is 55.8 Å². The summed E-state index contributed by atoms with van der Waals surface area (Å²) in [6.45, 7) is 26.3. The van der Waals surface area contributed by atoms with E-state index in [4.69, 9.17) is 77.1 Å². The first kappa shape index (κ1) is 68.0. The van der Waals surface area contributed by atoms with E-state index in [9.17, 15) is 0 Å². The zero-order valence-corrected chi connectivity index (χ0v) is 53.0. The molecular weight excluding hydrogens is 1120 g/mol. The molecule has 0 atom stereocenters. The first-order chi connectivity index (χ1) is 34.7. The van der Waals surface area contributed by atoms with Gasteiger partial charge in [-0.15, -0.1) is 73.4 Å². The Balaban J connectivity index is 0.000000499. The van der Waals surface area contributed by atoms with Crippen molar-refractivity contribution in [3.8, 4) is 0 Å². The van der Waals surface area contributed by atoms with Gasteiger partial charge in [-0.1, -0.05) is 210 Å². The molecule has 390 valence electrons. The zero-order valence-electron chi connectivity index (χ0n) is 43.8. The van der Waals surface area contributed by atoms with Crippen LogP contribution in [0.5, 0.6) is 0 Å². The van der Waals surface area contributed by atoms with Crippen molar-refractivity contribution in [2.24, 2.45) is 0 Å². The topological polar surface area (TPSA) is 84.6 Å². The Morgan fingerprint density at radius 3 is 0.792 bits per heavy atom. The summed E-state index contributed by atoms with van der Waals surface area (Å²) in [4.78, 5) is 0. The number of hydrogen-bond donors (Lipinski definition) is 0. The first-order valence-corrected chi connectivity index (χ1v) is 37.0. The van der Waals surface area contributed by atoms with Gasteiger partial charge in [-0.05, 0) is 68.2 Å². The first-order valence-electron chi connectivity index (χ1n) is 24.1. The molecule has 6 nitrogen and oxygen atoms in total. The van der Waals surface area contributed by atoms with Crippen molar-refractivity contribution in [3.63, 3.8) is 0 Å². The number of para-hydroxylation sites is 4. The molecule has 0 bridgehead atoms. The molecule has 0 saturated heterocycles. The summed E-state index contributed by atoms with van der Waals surface area (Å²) in [6.07, 6.45) is 5.04.